The number of para-hydroxylation sites is 1. The molecule has 1 saturated heterocycles. The lowest BCUT2D eigenvalue weighted by atomic mass is 10.0. The molecule has 7 heteroatoms. The van der Waals surface area contributed by atoms with Gasteiger partial charge in [-0.05, 0) is 37.3 Å². The number of methoxy groups -OCH3 is 2. The summed E-state index contributed by atoms with van der Waals surface area (Å²) >= 11 is 0. The number of aromatic nitrogens is 2. The molecule has 1 aliphatic rings. The molecule has 0 radical (unpaired) electrons. The maximum Gasteiger partial charge on any atom is 0.249 e. The molecular formula is C19H25N3O4. The Morgan fingerprint density at radius 3 is 2.96 bits per heavy atom. The van der Waals surface area contributed by atoms with Crippen molar-refractivity contribution in [2.45, 2.75) is 44.8 Å². The van der Waals surface area contributed by atoms with Crippen LogP contribution in [-0.4, -0.2) is 41.7 Å². The fourth-order valence-corrected chi connectivity index (χ4v) is 3.37. The molecule has 7 nitrogen and oxygen atoms in total. The molecule has 0 unspecified atom stereocenters. The fourth-order valence-electron chi connectivity index (χ4n) is 3.37. The lowest BCUT2D eigenvalue weighted by molar-refractivity contribution is -0.135. The molecule has 140 valence electrons. The summed E-state index contributed by atoms with van der Waals surface area (Å²) in [5, 5.41) is 3.93. The minimum Gasteiger partial charge on any atom is -0.496 e. The third-order valence-electron chi connectivity index (χ3n) is 4.67. The molecule has 0 aliphatic carbocycles. The Morgan fingerprint density at radius 1 is 1.31 bits per heavy atom. The van der Waals surface area contributed by atoms with Crippen LogP contribution in [0.25, 0.3) is 0 Å². The first-order chi connectivity index (χ1) is 12.7. The lowest BCUT2D eigenvalue weighted by Gasteiger charge is -2.33. The zero-order valence-corrected chi connectivity index (χ0v) is 15.3. The van der Waals surface area contributed by atoms with Crippen LogP contribution < -0.4 is 4.74 Å². The summed E-state index contributed by atoms with van der Waals surface area (Å²) < 4.78 is 15.8. The minimum atomic E-state index is -0.146. The molecule has 0 N–H and O–H groups in total. The van der Waals surface area contributed by atoms with Crippen molar-refractivity contribution in [2.75, 3.05) is 20.8 Å². The quantitative estimate of drug-likeness (QED) is 0.756. The maximum atomic E-state index is 12.9. The van der Waals surface area contributed by atoms with E-state index in [4.69, 9.17) is 14.0 Å². The second-order valence-corrected chi connectivity index (χ2v) is 6.39. The van der Waals surface area contributed by atoms with Crippen molar-refractivity contribution in [3.05, 3.63) is 41.5 Å². The predicted octanol–water partition coefficient (Wildman–Crippen LogP) is 2.91. The first-order valence-electron chi connectivity index (χ1n) is 8.95. The third kappa shape index (κ3) is 4.22. The van der Waals surface area contributed by atoms with Crippen molar-refractivity contribution >= 4 is 5.91 Å². The molecule has 26 heavy (non-hydrogen) atoms. The van der Waals surface area contributed by atoms with Crippen LogP contribution in [0.15, 0.2) is 28.8 Å². The summed E-state index contributed by atoms with van der Waals surface area (Å²) in [6, 6.07) is 7.65. The summed E-state index contributed by atoms with van der Waals surface area (Å²) in [6.45, 7) is 1.02. The van der Waals surface area contributed by atoms with Crippen molar-refractivity contribution in [1.82, 2.24) is 15.0 Å². The summed E-state index contributed by atoms with van der Waals surface area (Å²) in [4.78, 5) is 19.1. The molecule has 2 aromatic rings. The second kappa shape index (κ2) is 8.80. The van der Waals surface area contributed by atoms with Crippen molar-refractivity contribution in [1.29, 1.82) is 0 Å². The molecule has 3 rings (SSSR count). The van der Waals surface area contributed by atoms with Crippen LogP contribution in [0.4, 0.5) is 0 Å². The van der Waals surface area contributed by atoms with Gasteiger partial charge in [-0.1, -0.05) is 23.4 Å². The van der Waals surface area contributed by atoms with Gasteiger partial charge < -0.3 is 18.9 Å². The van der Waals surface area contributed by atoms with Gasteiger partial charge in [0.25, 0.3) is 0 Å². The van der Waals surface area contributed by atoms with Crippen LogP contribution in [0.2, 0.25) is 0 Å². The molecule has 0 bridgehead atoms. The van der Waals surface area contributed by atoms with Crippen LogP contribution in [0.1, 0.15) is 49.0 Å². The van der Waals surface area contributed by atoms with Gasteiger partial charge in [0.2, 0.25) is 11.8 Å². The third-order valence-corrected chi connectivity index (χ3v) is 4.67. The van der Waals surface area contributed by atoms with Gasteiger partial charge in [0.15, 0.2) is 5.82 Å². The smallest absolute Gasteiger partial charge is 0.249 e. The summed E-state index contributed by atoms with van der Waals surface area (Å²) in [7, 11) is 3.23. The zero-order valence-electron chi connectivity index (χ0n) is 15.3. The lowest BCUT2D eigenvalue weighted by Crippen LogP contribution is -2.38. The van der Waals surface area contributed by atoms with Gasteiger partial charge in [0.05, 0.1) is 7.11 Å². The fraction of sp³-hybridized carbons (Fsp3) is 0.526. The Balaban J connectivity index is 1.67. The normalized spacial score (nSPS) is 17.3. The zero-order chi connectivity index (χ0) is 18.4. The Bertz CT molecular complexity index is 731. The standard InChI is InChI=1S/C19H25N3O4/c1-24-13-17-20-19(26-21-17)15-8-5-6-12-22(15)18(23)11-10-14-7-3-4-9-16(14)25-2/h3-4,7,9,15H,5-6,8,10-13H2,1-2H3/t15-/m0/s1. The Kier molecular flexibility index (Phi) is 6.22. The molecule has 1 fully saturated rings. The van der Waals surface area contributed by atoms with Gasteiger partial charge in [0.1, 0.15) is 18.4 Å². The SMILES string of the molecule is COCc1noc([C@@H]2CCCCN2C(=O)CCc2ccccc2OC)n1. The van der Waals surface area contributed by atoms with E-state index in [9.17, 15) is 4.79 Å². The number of carbonyl (C=O) groups is 1. The van der Waals surface area contributed by atoms with Gasteiger partial charge in [-0.2, -0.15) is 4.98 Å². The Labute approximate surface area is 153 Å². The highest BCUT2D eigenvalue weighted by Crippen LogP contribution is 2.31. The number of benzene rings is 1. The average Bonchev–Trinajstić information content (AvgIpc) is 3.15. The summed E-state index contributed by atoms with van der Waals surface area (Å²) in [6.07, 6.45) is 3.95. The van der Waals surface area contributed by atoms with E-state index in [1.165, 1.54) is 0 Å². The van der Waals surface area contributed by atoms with E-state index in [0.29, 0.717) is 31.2 Å². The van der Waals surface area contributed by atoms with E-state index in [-0.39, 0.29) is 11.9 Å². The maximum absolute atomic E-state index is 12.9. The van der Waals surface area contributed by atoms with Crippen LogP contribution in [0.5, 0.6) is 5.75 Å². The first-order valence-corrected chi connectivity index (χ1v) is 8.95. The number of piperidine rings is 1. The molecule has 1 aromatic heterocycles. The molecule has 0 saturated carbocycles. The number of nitrogens with zero attached hydrogens (tertiary/aromatic N) is 3. The molecule has 1 aliphatic heterocycles. The predicted molar refractivity (Wildman–Crippen MR) is 94.6 cm³/mol. The summed E-state index contributed by atoms with van der Waals surface area (Å²) in [5.74, 6) is 1.93. The van der Waals surface area contributed by atoms with E-state index in [2.05, 4.69) is 10.1 Å². The number of ether oxygens (including phenoxy) is 2. The van der Waals surface area contributed by atoms with Crippen molar-refractivity contribution in [3.63, 3.8) is 0 Å². The number of aryl methyl sites for hydroxylation is 1. The monoisotopic (exact) mass is 359 g/mol. The van der Waals surface area contributed by atoms with Crippen LogP contribution in [-0.2, 0) is 22.6 Å². The number of hydrogen-bond donors (Lipinski definition) is 0. The van der Waals surface area contributed by atoms with Crippen molar-refractivity contribution in [2.24, 2.45) is 0 Å². The molecule has 2 heterocycles. The van der Waals surface area contributed by atoms with E-state index in [1.54, 1.807) is 14.2 Å². The highest BCUT2D eigenvalue weighted by atomic mass is 16.5. The van der Waals surface area contributed by atoms with Gasteiger partial charge in [0, 0.05) is 20.1 Å². The van der Waals surface area contributed by atoms with E-state index < -0.39 is 0 Å². The minimum absolute atomic E-state index is 0.104. The van der Waals surface area contributed by atoms with Gasteiger partial charge >= 0.3 is 0 Å². The van der Waals surface area contributed by atoms with E-state index in [1.807, 2.05) is 29.2 Å². The summed E-state index contributed by atoms with van der Waals surface area (Å²) in [5.41, 5.74) is 1.04. The number of carbonyl (C=O) groups excluding carboxylic acids is 1. The molecule has 1 amide bonds. The molecular weight excluding hydrogens is 334 g/mol. The van der Waals surface area contributed by atoms with Gasteiger partial charge in [-0.3, -0.25) is 4.79 Å². The number of hydrogen-bond acceptors (Lipinski definition) is 6. The van der Waals surface area contributed by atoms with E-state index >= 15 is 0 Å². The van der Waals surface area contributed by atoms with Crippen molar-refractivity contribution in [3.8, 4) is 5.75 Å². The highest BCUT2D eigenvalue weighted by molar-refractivity contribution is 5.77. The molecule has 1 aromatic carbocycles. The largest absolute Gasteiger partial charge is 0.496 e. The highest BCUT2D eigenvalue weighted by Gasteiger charge is 2.31. The topological polar surface area (TPSA) is 77.7 Å². The Morgan fingerprint density at radius 2 is 2.15 bits per heavy atom. The van der Waals surface area contributed by atoms with E-state index in [0.717, 1.165) is 37.1 Å². The Hall–Kier alpha value is -2.41. The average molecular weight is 359 g/mol. The van der Waals surface area contributed by atoms with Crippen LogP contribution in [0.3, 0.4) is 0 Å². The first kappa shape index (κ1) is 18.4. The van der Waals surface area contributed by atoms with Gasteiger partial charge in [-0.25, -0.2) is 0 Å². The number of amides is 1. The number of rotatable bonds is 7. The molecule has 1 atom stereocenters. The van der Waals surface area contributed by atoms with Gasteiger partial charge in [-0.15, -0.1) is 0 Å². The van der Waals surface area contributed by atoms with Crippen LogP contribution in [0, 0.1) is 0 Å². The van der Waals surface area contributed by atoms with Crippen molar-refractivity contribution < 1.29 is 18.8 Å². The number of likely N-dealkylation sites (tertiary alicyclic amines) is 1. The molecule has 0 spiro atoms. The second-order valence-electron chi connectivity index (χ2n) is 6.39. The van der Waals surface area contributed by atoms with Crippen LogP contribution >= 0.6 is 0 Å².